The molecule has 1 unspecified atom stereocenters. The largest absolute Gasteiger partial charge is 0.385 e. The molecule has 7 heteroatoms. The lowest BCUT2D eigenvalue weighted by molar-refractivity contribution is 0.160. The van der Waals surface area contributed by atoms with Crippen LogP contribution in [0.2, 0.25) is 5.02 Å². The van der Waals surface area contributed by atoms with Crippen molar-refractivity contribution in [3.05, 3.63) is 23.2 Å². The molecule has 6 nitrogen and oxygen atoms in total. The van der Waals surface area contributed by atoms with Gasteiger partial charge in [-0.05, 0) is 13.0 Å². The van der Waals surface area contributed by atoms with Crippen LogP contribution in [0.5, 0.6) is 0 Å². The second kappa shape index (κ2) is 4.09. The van der Waals surface area contributed by atoms with Crippen molar-refractivity contribution < 1.29 is 5.11 Å². The summed E-state index contributed by atoms with van der Waals surface area (Å²) >= 11 is 5.74. The van der Waals surface area contributed by atoms with Gasteiger partial charge in [0.2, 0.25) is 0 Å². The van der Waals surface area contributed by atoms with Crippen molar-refractivity contribution in [1.29, 1.82) is 0 Å². The summed E-state index contributed by atoms with van der Waals surface area (Å²) in [6.45, 7) is 0.380. The number of aliphatic hydroxyl groups excluding tert-OH is 1. The van der Waals surface area contributed by atoms with Crippen molar-refractivity contribution >= 4 is 17.4 Å². The summed E-state index contributed by atoms with van der Waals surface area (Å²) in [4.78, 5) is 8.01. The van der Waals surface area contributed by atoms with Crippen molar-refractivity contribution in [2.75, 3.05) is 6.54 Å². The number of hydrogen-bond donors (Lipinski definition) is 2. The van der Waals surface area contributed by atoms with Crippen molar-refractivity contribution in [2.24, 2.45) is 5.73 Å². The molecular weight excluding hydrogens is 218 g/mol. The molecular formula is C8H10ClN5O. The molecule has 2 aromatic heterocycles. The van der Waals surface area contributed by atoms with Crippen molar-refractivity contribution in [1.82, 2.24) is 19.6 Å². The summed E-state index contributed by atoms with van der Waals surface area (Å²) in [7, 11) is 0. The third-order valence-electron chi connectivity index (χ3n) is 1.92. The standard InChI is InChI=1S/C8H10ClN5O/c9-5-3-11-8-12-7(6(15)1-2-10)13-14(8)4-5/h3-4,6,15H,1-2,10H2. The molecule has 0 bridgehead atoms. The lowest BCUT2D eigenvalue weighted by Gasteiger charge is -2.01. The Morgan fingerprint density at radius 3 is 3.13 bits per heavy atom. The van der Waals surface area contributed by atoms with E-state index in [1.54, 1.807) is 6.20 Å². The number of aliphatic hydroxyl groups is 1. The van der Waals surface area contributed by atoms with Gasteiger partial charge in [0.25, 0.3) is 5.78 Å². The Labute approximate surface area is 90.7 Å². The summed E-state index contributed by atoms with van der Waals surface area (Å²) in [5.74, 6) is 0.723. The summed E-state index contributed by atoms with van der Waals surface area (Å²) in [5, 5.41) is 14.1. The first-order valence-corrected chi connectivity index (χ1v) is 4.84. The predicted molar refractivity (Wildman–Crippen MR) is 54.4 cm³/mol. The molecule has 1 atom stereocenters. The van der Waals surface area contributed by atoms with E-state index in [-0.39, 0.29) is 0 Å². The zero-order valence-corrected chi connectivity index (χ0v) is 8.59. The van der Waals surface area contributed by atoms with Gasteiger partial charge in [-0.3, -0.25) is 0 Å². The molecule has 2 heterocycles. The minimum atomic E-state index is -0.754. The fourth-order valence-corrected chi connectivity index (χ4v) is 1.34. The number of aromatic nitrogens is 4. The van der Waals surface area contributed by atoms with E-state index >= 15 is 0 Å². The molecule has 3 N–H and O–H groups in total. The maximum Gasteiger partial charge on any atom is 0.252 e. The fraction of sp³-hybridized carbons (Fsp3) is 0.375. The zero-order valence-electron chi connectivity index (χ0n) is 7.84. The van der Waals surface area contributed by atoms with E-state index in [0.29, 0.717) is 29.6 Å². The van der Waals surface area contributed by atoms with Crippen LogP contribution < -0.4 is 5.73 Å². The molecule has 80 valence electrons. The Hall–Kier alpha value is -1.24. The molecule has 0 aliphatic rings. The number of nitrogens with zero attached hydrogens (tertiary/aromatic N) is 4. The van der Waals surface area contributed by atoms with Crippen molar-refractivity contribution in [2.45, 2.75) is 12.5 Å². The molecule has 0 radical (unpaired) electrons. The summed E-state index contributed by atoms with van der Waals surface area (Å²) in [6, 6.07) is 0. The molecule has 0 fully saturated rings. The van der Waals surface area contributed by atoms with Crippen LogP contribution in [0.25, 0.3) is 5.78 Å². The number of fused-ring (bicyclic) bond motifs is 1. The highest BCUT2D eigenvalue weighted by Gasteiger charge is 2.13. The first-order valence-electron chi connectivity index (χ1n) is 4.46. The maximum atomic E-state index is 9.61. The van der Waals surface area contributed by atoms with Crippen molar-refractivity contribution in [3.63, 3.8) is 0 Å². The molecule has 0 amide bonds. The van der Waals surface area contributed by atoms with Crippen LogP contribution in [-0.2, 0) is 0 Å². The maximum absolute atomic E-state index is 9.61. The van der Waals surface area contributed by atoms with Gasteiger partial charge in [-0.15, -0.1) is 5.10 Å². The first-order chi connectivity index (χ1) is 7.20. The second-order valence-electron chi connectivity index (χ2n) is 3.08. The number of nitrogens with two attached hydrogens (primary N) is 1. The Morgan fingerprint density at radius 2 is 2.40 bits per heavy atom. The van der Waals surface area contributed by atoms with E-state index in [1.165, 1.54) is 10.7 Å². The highest BCUT2D eigenvalue weighted by atomic mass is 35.5. The first kappa shape index (κ1) is 10.3. The second-order valence-corrected chi connectivity index (χ2v) is 3.52. The van der Waals surface area contributed by atoms with Crippen LogP contribution in [0.15, 0.2) is 12.4 Å². The minimum absolute atomic E-state index is 0.315. The van der Waals surface area contributed by atoms with Crippen LogP contribution >= 0.6 is 11.6 Å². The molecule has 0 aliphatic heterocycles. The molecule has 15 heavy (non-hydrogen) atoms. The Morgan fingerprint density at radius 1 is 1.60 bits per heavy atom. The molecule has 0 saturated heterocycles. The summed E-state index contributed by atoms with van der Waals surface area (Å²) in [6.07, 6.45) is 2.72. The summed E-state index contributed by atoms with van der Waals surface area (Å²) in [5.41, 5.74) is 5.33. The molecule has 0 aromatic carbocycles. The highest BCUT2D eigenvalue weighted by molar-refractivity contribution is 6.30. The Bertz CT molecular complexity index is 471. The molecule has 0 aliphatic carbocycles. The minimum Gasteiger partial charge on any atom is -0.385 e. The van der Waals surface area contributed by atoms with Gasteiger partial charge in [-0.25, -0.2) is 9.50 Å². The number of rotatable bonds is 3. The van der Waals surface area contributed by atoms with Crippen LogP contribution in [0.3, 0.4) is 0 Å². The van der Waals surface area contributed by atoms with E-state index in [1.807, 2.05) is 0 Å². The molecule has 2 aromatic rings. The van der Waals surface area contributed by atoms with E-state index in [4.69, 9.17) is 17.3 Å². The van der Waals surface area contributed by atoms with E-state index in [0.717, 1.165) is 0 Å². The van der Waals surface area contributed by atoms with Crippen molar-refractivity contribution in [3.8, 4) is 0 Å². The Balaban J connectivity index is 2.38. The molecule has 0 spiro atoms. The quantitative estimate of drug-likeness (QED) is 0.780. The smallest absolute Gasteiger partial charge is 0.252 e. The van der Waals surface area contributed by atoms with Gasteiger partial charge < -0.3 is 10.8 Å². The van der Waals surface area contributed by atoms with Gasteiger partial charge in [-0.1, -0.05) is 11.6 Å². The van der Waals surface area contributed by atoms with Crippen LogP contribution in [0, 0.1) is 0 Å². The predicted octanol–water partition coefficient (Wildman–Crippen LogP) is 0.160. The number of halogens is 1. The third kappa shape index (κ3) is 2.06. The number of hydrogen-bond acceptors (Lipinski definition) is 5. The zero-order chi connectivity index (χ0) is 10.8. The monoisotopic (exact) mass is 227 g/mol. The van der Waals surface area contributed by atoms with Gasteiger partial charge >= 0.3 is 0 Å². The van der Waals surface area contributed by atoms with Gasteiger partial charge in [0, 0.05) is 0 Å². The lowest BCUT2D eigenvalue weighted by Crippen LogP contribution is -2.08. The van der Waals surface area contributed by atoms with Gasteiger partial charge in [0.05, 0.1) is 17.4 Å². The van der Waals surface area contributed by atoms with Gasteiger partial charge in [0.15, 0.2) is 5.82 Å². The molecule has 0 saturated carbocycles. The van der Waals surface area contributed by atoms with Gasteiger partial charge in [0.1, 0.15) is 6.10 Å². The third-order valence-corrected chi connectivity index (χ3v) is 2.11. The summed E-state index contributed by atoms with van der Waals surface area (Å²) < 4.78 is 1.43. The average Bonchev–Trinajstić information content (AvgIpc) is 2.60. The fourth-order valence-electron chi connectivity index (χ4n) is 1.20. The van der Waals surface area contributed by atoms with Crippen LogP contribution in [0.1, 0.15) is 18.3 Å². The highest BCUT2D eigenvalue weighted by Crippen LogP contribution is 2.13. The SMILES string of the molecule is NCCC(O)c1nc2ncc(Cl)cn2n1. The van der Waals surface area contributed by atoms with Gasteiger partial charge in [-0.2, -0.15) is 4.98 Å². The topological polar surface area (TPSA) is 89.3 Å². The van der Waals surface area contributed by atoms with E-state index in [2.05, 4.69) is 15.1 Å². The van der Waals surface area contributed by atoms with Crippen LogP contribution in [0.4, 0.5) is 0 Å². The van der Waals surface area contributed by atoms with E-state index in [9.17, 15) is 5.11 Å². The lowest BCUT2D eigenvalue weighted by atomic mass is 10.2. The Kier molecular flexibility index (Phi) is 2.81. The molecule has 2 rings (SSSR count). The van der Waals surface area contributed by atoms with E-state index < -0.39 is 6.10 Å². The van der Waals surface area contributed by atoms with Crippen LogP contribution in [-0.4, -0.2) is 31.2 Å². The normalized spacial score (nSPS) is 13.3. The average molecular weight is 228 g/mol.